The Hall–Kier alpha value is -1.97. The first-order valence-corrected chi connectivity index (χ1v) is 9.43. The van der Waals surface area contributed by atoms with Crippen LogP contribution in [-0.4, -0.2) is 18.1 Å². The van der Waals surface area contributed by atoms with Crippen molar-refractivity contribution < 1.29 is 4.79 Å². The van der Waals surface area contributed by atoms with E-state index in [1.165, 1.54) is 11.3 Å². The summed E-state index contributed by atoms with van der Waals surface area (Å²) in [7, 11) is 0. The molecule has 2 aromatic rings. The Labute approximate surface area is 163 Å². The number of nitrogens with one attached hydrogen (secondary N) is 1. The summed E-state index contributed by atoms with van der Waals surface area (Å²) in [6.07, 6.45) is 4.53. The van der Waals surface area contributed by atoms with Crippen LogP contribution in [0.25, 0.3) is 6.08 Å². The Morgan fingerprint density at radius 2 is 1.92 bits per heavy atom. The Morgan fingerprint density at radius 3 is 2.69 bits per heavy atom. The van der Waals surface area contributed by atoms with Crippen LogP contribution in [0.5, 0.6) is 0 Å². The van der Waals surface area contributed by atoms with Crippen LogP contribution in [0.15, 0.2) is 48.5 Å². The van der Waals surface area contributed by atoms with Gasteiger partial charge >= 0.3 is 0 Å². The van der Waals surface area contributed by atoms with Gasteiger partial charge in [-0.15, -0.1) is 0 Å². The van der Waals surface area contributed by atoms with Crippen molar-refractivity contribution in [3.05, 3.63) is 69.7 Å². The van der Waals surface area contributed by atoms with Crippen LogP contribution in [0, 0.1) is 0 Å². The van der Waals surface area contributed by atoms with Crippen molar-refractivity contribution in [3.8, 4) is 0 Å². The summed E-state index contributed by atoms with van der Waals surface area (Å²) in [5, 5.41) is 4.45. The van der Waals surface area contributed by atoms with Crippen LogP contribution in [0.1, 0.15) is 31.4 Å². The van der Waals surface area contributed by atoms with Crippen molar-refractivity contribution in [3.63, 3.8) is 0 Å². The Bertz CT molecular complexity index is 922. The summed E-state index contributed by atoms with van der Waals surface area (Å²) < 4.78 is 0. The molecule has 134 valence electrons. The lowest BCUT2D eigenvalue weighted by Gasteiger charge is -2.49. The fourth-order valence-corrected chi connectivity index (χ4v) is 4.64. The molecule has 1 atom stereocenters. The number of halogens is 2. The number of carbonyl (C=O) groups is 1. The maximum atomic E-state index is 12.4. The van der Waals surface area contributed by atoms with Gasteiger partial charge in [0.1, 0.15) is 5.66 Å². The molecule has 26 heavy (non-hydrogen) atoms. The van der Waals surface area contributed by atoms with Crippen molar-refractivity contribution >= 4 is 40.9 Å². The summed E-state index contributed by atoms with van der Waals surface area (Å²) in [4.78, 5) is 14.7. The van der Waals surface area contributed by atoms with Gasteiger partial charge in [0.2, 0.25) is 5.91 Å². The van der Waals surface area contributed by atoms with Crippen molar-refractivity contribution in [2.45, 2.75) is 31.3 Å². The van der Waals surface area contributed by atoms with Crippen molar-refractivity contribution in [1.29, 1.82) is 0 Å². The van der Waals surface area contributed by atoms with E-state index in [-0.39, 0.29) is 11.3 Å². The number of rotatable bonds is 2. The summed E-state index contributed by atoms with van der Waals surface area (Å²) in [6, 6.07) is 13.8. The average molecular weight is 387 g/mol. The highest BCUT2D eigenvalue weighted by Crippen LogP contribution is 2.52. The van der Waals surface area contributed by atoms with E-state index in [0.717, 1.165) is 5.56 Å². The normalized spacial score (nSPS) is 23.7. The predicted molar refractivity (Wildman–Crippen MR) is 108 cm³/mol. The standard InChI is InChI=1S/C21H20Cl2N2O/c1-20(2)16-5-3-4-6-18(16)25-12-10-19(26)24-21(20,25)11-9-14-7-8-15(22)13-17(14)23/h3-9,11,13H,10,12H2,1-2H3,(H,24,26)/b11-9+/t21-/m0/s1. The quantitative estimate of drug-likeness (QED) is 0.785. The lowest BCUT2D eigenvalue weighted by atomic mass is 9.74. The van der Waals surface area contributed by atoms with Gasteiger partial charge in [-0.05, 0) is 35.4 Å². The maximum absolute atomic E-state index is 12.4. The molecule has 1 fully saturated rings. The van der Waals surface area contributed by atoms with E-state index in [2.05, 4.69) is 42.3 Å². The van der Waals surface area contributed by atoms with E-state index in [1.54, 1.807) is 6.07 Å². The predicted octanol–water partition coefficient (Wildman–Crippen LogP) is 5.02. The number of anilines is 1. The van der Waals surface area contributed by atoms with Gasteiger partial charge < -0.3 is 10.2 Å². The number of amides is 1. The van der Waals surface area contributed by atoms with Gasteiger partial charge in [0.25, 0.3) is 0 Å². The van der Waals surface area contributed by atoms with E-state index in [1.807, 2.05) is 30.3 Å². The van der Waals surface area contributed by atoms with Gasteiger partial charge in [0, 0.05) is 34.1 Å². The summed E-state index contributed by atoms with van der Waals surface area (Å²) in [6.45, 7) is 5.03. The molecule has 1 saturated heterocycles. The molecule has 0 unspecified atom stereocenters. The molecule has 0 aromatic heterocycles. The first-order chi connectivity index (χ1) is 12.3. The molecule has 0 spiro atoms. The maximum Gasteiger partial charge on any atom is 0.223 e. The minimum Gasteiger partial charge on any atom is -0.344 e. The zero-order valence-corrected chi connectivity index (χ0v) is 16.2. The van der Waals surface area contributed by atoms with Crippen LogP contribution in [0.4, 0.5) is 5.69 Å². The minimum atomic E-state index is -0.630. The molecule has 0 saturated carbocycles. The zero-order valence-electron chi connectivity index (χ0n) is 14.7. The van der Waals surface area contributed by atoms with E-state index >= 15 is 0 Å². The highest BCUT2D eigenvalue weighted by Gasteiger charge is 2.57. The topological polar surface area (TPSA) is 32.3 Å². The lowest BCUT2D eigenvalue weighted by Crippen LogP contribution is -2.68. The van der Waals surface area contributed by atoms with Gasteiger partial charge in [-0.1, -0.05) is 67.4 Å². The molecular weight excluding hydrogens is 367 g/mol. The van der Waals surface area contributed by atoms with Crippen molar-refractivity contribution in [1.82, 2.24) is 5.32 Å². The van der Waals surface area contributed by atoms with Crippen LogP contribution in [-0.2, 0) is 10.2 Å². The van der Waals surface area contributed by atoms with E-state index in [4.69, 9.17) is 23.2 Å². The molecule has 3 nitrogen and oxygen atoms in total. The first kappa shape index (κ1) is 17.4. The molecule has 0 bridgehead atoms. The molecule has 2 aromatic carbocycles. The molecule has 2 aliphatic heterocycles. The third-order valence-electron chi connectivity index (χ3n) is 5.61. The second kappa shape index (κ2) is 6.04. The van der Waals surface area contributed by atoms with Gasteiger partial charge in [0.15, 0.2) is 0 Å². The first-order valence-electron chi connectivity index (χ1n) is 8.68. The second-order valence-electron chi connectivity index (χ2n) is 7.36. The average Bonchev–Trinajstić information content (AvgIpc) is 2.79. The molecule has 0 radical (unpaired) electrons. The van der Waals surface area contributed by atoms with E-state index < -0.39 is 5.66 Å². The smallest absolute Gasteiger partial charge is 0.223 e. The summed E-state index contributed by atoms with van der Waals surface area (Å²) in [5.74, 6) is 0.0639. The minimum absolute atomic E-state index is 0.0639. The fourth-order valence-electron chi connectivity index (χ4n) is 4.17. The lowest BCUT2D eigenvalue weighted by molar-refractivity contribution is -0.124. The Kier molecular flexibility index (Phi) is 4.05. The summed E-state index contributed by atoms with van der Waals surface area (Å²) >= 11 is 12.3. The van der Waals surface area contributed by atoms with Crippen LogP contribution >= 0.6 is 23.2 Å². The molecule has 1 amide bonds. The summed E-state index contributed by atoms with van der Waals surface area (Å²) in [5.41, 5.74) is 2.35. The third kappa shape index (κ3) is 2.45. The van der Waals surface area contributed by atoms with Crippen molar-refractivity contribution in [2.24, 2.45) is 0 Å². The monoisotopic (exact) mass is 386 g/mol. The van der Waals surface area contributed by atoms with Crippen LogP contribution < -0.4 is 10.2 Å². The fraction of sp³-hybridized carbons (Fsp3) is 0.286. The third-order valence-corrected chi connectivity index (χ3v) is 6.17. The Morgan fingerprint density at radius 1 is 1.15 bits per heavy atom. The van der Waals surface area contributed by atoms with E-state index in [0.29, 0.717) is 23.0 Å². The molecule has 0 aliphatic carbocycles. The van der Waals surface area contributed by atoms with Crippen LogP contribution in [0.3, 0.4) is 0 Å². The van der Waals surface area contributed by atoms with Gasteiger partial charge in [0.05, 0.1) is 0 Å². The van der Waals surface area contributed by atoms with E-state index in [9.17, 15) is 4.79 Å². The highest BCUT2D eigenvalue weighted by molar-refractivity contribution is 6.35. The largest absolute Gasteiger partial charge is 0.344 e. The molecule has 2 aliphatic rings. The van der Waals surface area contributed by atoms with Gasteiger partial charge in [-0.2, -0.15) is 0 Å². The second-order valence-corrected chi connectivity index (χ2v) is 8.20. The zero-order chi connectivity index (χ0) is 18.5. The molecular formula is C21H20Cl2N2O. The number of carbonyl (C=O) groups excluding carboxylic acids is 1. The number of para-hydroxylation sites is 1. The molecule has 5 heteroatoms. The number of benzene rings is 2. The van der Waals surface area contributed by atoms with Crippen molar-refractivity contribution in [2.75, 3.05) is 11.4 Å². The number of hydrogen-bond donors (Lipinski definition) is 1. The number of hydrogen-bond acceptors (Lipinski definition) is 2. The molecule has 1 N–H and O–H groups in total. The molecule has 2 heterocycles. The highest BCUT2D eigenvalue weighted by atomic mass is 35.5. The van der Waals surface area contributed by atoms with Crippen LogP contribution in [0.2, 0.25) is 10.0 Å². The Balaban J connectivity index is 1.85. The van der Waals surface area contributed by atoms with Gasteiger partial charge in [-0.25, -0.2) is 0 Å². The SMILES string of the molecule is CC1(C)c2ccccc2N2CCC(=O)N[C@@]21/C=C/c1ccc(Cl)cc1Cl. The molecule has 4 rings (SSSR count). The van der Waals surface area contributed by atoms with Gasteiger partial charge in [-0.3, -0.25) is 4.79 Å². The number of fused-ring (bicyclic) bond motifs is 3. The number of nitrogens with zero attached hydrogens (tertiary/aromatic N) is 1.